The largest absolute Gasteiger partial charge is 0.492 e. The summed E-state index contributed by atoms with van der Waals surface area (Å²) in [6, 6.07) is 6.71. The predicted octanol–water partition coefficient (Wildman–Crippen LogP) is 3.48. The minimum Gasteiger partial charge on any atom is -0.492 e. The van der Waals surface area contributed by atoms with Crippen LogP contribution in [-0.2, 0) is 4.74 Å². The molecule has 2 unspecified atom stereocenters. The molecule has 0 saturated heterocycles. The Labute approximate surface area is 117 Å². The minimum absolute atomic E-state index is 0.162. The molecule has 0 aliphatic carbocycles. The van der Waals surface area contributed by atoms with Crippen LogP contribution in [0.1, 0.15) is 24.2 Å². The van der Waals surface area contributed by atoms with Gasteiger partial charge >= 0.3 is 5.97 Å². The van der Waals surface area contributed by atoms with E-state index in [4.69, 9.17) is 32.7 Å². The third-order valence-corrected chi connectivity index (χ3v) is 3.21. The second-order valence-electron chi connectivity index (χ2n) is 3.75. The highest BCUT2D eigenvalue weighted by molar-refractivity contribution is 6.29. The van der Waals surface area contributed by atoms with E-state index in [9.17, 15) is 4.79 Å². The Morgan fingerprint density at radius 2 is 1.89 bits per heavy atom. The molecule has 0 bridgehead atoms. The summed E-state index contributed by atoms with van der Waals surface area (Å²) < 4.78 is 10.3. The fourth-order valence-corrected chi connectivity index (χ4v) is 1.35. The summed E-state index contributed by atoms with van der Waals surface area (Å²) >= 11 is 11.8. The molecule has 1 rings (SSSR count). The lowest BCUT2D eigenvalue weighted by Crippen LogP contribution is -2.20. The van der Waals surface area contributed by atoms with Gasteiger partial charge in [-0.1, -0.05) is 0 Å². The quantitative estimate of drug-likeness (QED) is 0.594. The molecule has 0 amide bonds. The van der Waals surface area contributed by atoms with E-state index in [1.54, 1.807) is 31.2 Å². The molecule has 0 heterocycles. The third-order valence-electron chi connectivity index (χ3n) is 2.27. The molecule has 5 heteroatoms. The molecule has 0 N–H and O–H groups in total. The van der Waals surface area contributed by atoms with E-state index in [-0.39, 0.29) is 16.7 Å². The van der Waals surface area contributed by atoms with Gasteiger partial charge in [-0.15, -0.1) is 23.2 Å². The van der Waals surface area contributed by atoms with Crippen molar-refractivity contribution >= 4 is 29.2 Å². The van der Waals surface area contributed by atoms with Gasteiger partial charge < -0.3 is 9.47 Å². The Balaban J connectivity index is 2.53. The van der Waals surface area contributed by atoms with Gasteiger partial charge in [0.05, 0.1) is 22.9 Å². The van der Waals surface area contributed by atoms with E-state index >= 15 is 0 Å². The lowest BCUT2D eigenvalue weighted by Gasteiger charge is -2.13. The zero-order valence-corrected chi connectivity index (χ0v) is 11.9. The topological polar surface area (TPSA) is 35.5 Å². The molecule has 1 aromatic rings. The highest BCUT2D eigenvalue weighted by Gasteiger charge is 2.12. The molecule has 0 spiro atoms. The van der Waals surface area contributed by atoms with Crippen molar-refractivity contribution in [2.45, 2.75) is 24.6 Å². The summed E-state index contributed by atoms with van der Waals surface area (Å²) in [7, 11) is 0. The van der Waals surface area contributed by atoms with E-state index in [0.29, 0.717) is 24.5 Å². The molecule has 0 aromatic heterocycles. The van der Waals surface area contributed by atoms with Crippen LogP contribution in [0.5, 0.6) is 5.75 Å². The zero-order chi connectivity index (χ0) is 13.5. The van der Waals surface area contributed by atoms with Crippen LogP contribution in [-0.4, -0.2) is 29.9 Å². The first-order chi connectivity index (χ1) is 8.54. The SMILES string of the molecule is CCOC(=O)c1ccc(OCC(Cl)C(C)Cl)cc1. The number of carbonyl (C=O) groups excluding carboxylic acids is 1. The number of carbonyl (C=O) groups is 1. The van der Waals surface area contributed by atoms with Gasteiger partial charge in [0.15, 0.2) is 0 Å². The molecule has 0 fully saturated rings. The average molecular weight is 291 g/mol. The Hall–Kier alpha value is -0.930. The first kappa shape index (κ1) is 15.1. The van der Waals surface area contributed by atoms with Crippen LogP contribution < -0.4 is 4.74 Å². The van der Waals surface area contributed by atoms with Crippen molar-refractivity contribution < 1.29 is 14.3 Å². The number of hydrogen-bond acceptors (Lipinski definition) is 3. The minimum atomic E-state index is -0.339. The second-order valence-corrected chi connectivity index (χ2v) is 5.00. The average Bonchev–Trinajstić information content (AvgIpc) is 2.36. The number of benzene rings is 1. The molecular weight excluding hydrogens is 275 g/mol. The molecule has 3 nitrogen and oxygen atoms in total. The monoisotopic (exact) mass is 290 g/mol. The highest BCUT2D eigenvalue weighted by Crippen LogP contribution is 2.16. The second kappa shape index (κ2) is 7.49. The van der Waals surface area contributed by atoms with E-state index < -0.39 is 0 Å². The maximum atomic E-state index is 11.4. The van der Waals surface area contributed by atoms with Gasteiger partial charge in [0.25, 0.3) is 0 Å². The van der Waals surface area contributed by atoms with Gasteiger partial charge in [0.1, 0.15) is 12.4 Å². The number of hydrogen-bond donors (Lipinski definition) is 0. The maximum absolute atomic E-state index is 11.4. The summed E-state index contributed by atoms with van der Waals surface area (Å²) in [5.74, 6) is 0.305. The summed E-state index contributed by atoms with van der Waals surface area (Å²) in [6.07, 6.45) is 0. The summed E-state index contributed by atoms with van der Waals surface area (Å²) in [5.41, 5.74) is 0.498. The van der Waals surface area contributed by atoms with Crippen LogP contribution in [0.4, 0.5) is 0 Å². The van der Waals surface area contributed by atoms with E-state index in [0.717, 1.165) is 0 Å². The van der Waals surface area contributed by atoms with E-state index in [1.165, 1.54) is 0 Å². The third kappa shape index (κ3) is 4.75. The Morgan fingerprint density at radius 3 is 2.39 bits per heavy atom. The van der Waals surface area contributed by atoms with Crippen molar-refractivity contribution in [2.75, 3.05) is 13.2 Å². The predicted molar refractivity (Wildman–Crippen MR) is 72.8 cm³/mol. The molecule has 2 atom stereocenters. The van der Waals surface area contributed by atoms with Crippen LogP contribution in [0.25, 0.3) is 0 Å². The van der Waals surface area contributed by atoms with Crippen molar-refractivity contribution in [1.82, 2.24) is 0 Å². The number of rotatable bonds is 6. The standard InChI is InChI=1S/C13H16Cl2O3/c1-3-17-13(16)10-4-6-11(7-5-10)18-8-12(15)9(2)14/h4-7,9,12H,3,8H2,1-2H3. The van der Waals surface area contributed by atoms with Gasteiger partial charge in [0, 0.05) is 0 Å². The van der Waals surface area contributed by atoms with Gasteiger partial charge in [-0.05, 0) is 38.1 Å². The van der Waals surface area contributed by atoms with Crippen molar-refractivity contribution in [3.63, 3.8) is 0 Å². The summed E-state index contributed by atoms with van der Waals surface area (Å²) in [4.78, 5) is 11.4. The molecule has 1 aromatic carbocycles. The lowest BCUT2D eigenvalue weighted by atomic mass is 10.2. The molecule has 0 saturated carbocycles. The highest BCUT2D eigenvalue weighted by atomic mass is 35.5. The maximum Gasteiger partial charge on any atom is 0.338 e. The molecule has 18 heavy (non-hydrogen) atoms. The van der Waals surface area contributed by atoms with E-state index in [1.807, 2.05) is 6.92 Å². The van der Waals surface area contributed by atoms with Crippen molar-refractivity contribution in [2.24, 2.45) is 0 Å². The summed E-state index contributed by atoms with van der Waals surface area (Å²) in [5, 5.41) is -0.415. The first-order valence-corrected chi connectivity index (χ1v) is 6.60. The number of ether oxygens (including phenoxy) is 2. The van der Waals surface area contributed by atoms with Crippen LogP contribution in [0.3, 0.4) is 0 Å². The van der Waals surface area contributed by atoms with Gasteiger partial charge in [0.2, 0.25) is 0 Å². The first-order valence-electron chi connectivity index (χ1n) is 5.72. The summed E-state index contributed by atoms with van der Waals surface area (Å²) in [6.45, 7) is 4.26. The Kier molecular flexibility index (Phi) is 6.30. The van der Waals surface area contributed by atoms with Gasteiger partial charge in [-0.2, -0.15) is 0 Å². The Morgan fingerprint density at radius 1 is 1.28 bits per heavy atom. The van der Waals surface area contributed by atoms with Crippen LogP contribution >= 0.6 is 23.2 Å². The van der Waals surface area contributed by atoms with Gasteiger partial charge in [-0.3, -0.25) is 0 Å². The lowest BCUT2D eigenvalue weighted by molar-refractivity contribution is 0.0526. The molecule has 0 aliphatic heterocycles. The Bertz CT molecular complexity index is 376. The van der Waals surface area contributed by atoms with Crippen LogP contribution in [0.15, 0.2) is 24.3 Å². The number of alkyl halides is 2. The smallest absolute Gasteiger partial charge is 0.338 e. The van der Waals surface area contributed by atoms with E-state index in [2.05, 4.69) is 0 Å². The van der Waals surface area contributed by atoms with Crippen LogP contribution in [0.2, 0.25) is 0 Å². The number of esters is 1. The van der Waals surface area contributed by atoms with Crippen molar-refractivity contribution in [3.8, 4) is 5.75 Å². The number of halogens is 2. The van der Waals surface area contributed by atoms with Crippen molar-refractivity contribution in [3.05, 3.63) is 29.8 Å². The van der Waals surface area contributed by atoms with Gasteiger partial charge in [-0.25, -0.2) is 4.79 Å². The fraction of sp³-hybridized carbons (Fsp3) is 0.462. The molecule has 0 aliphatic rings. The van der Waals surface area contributed by atoms with Crippen LogP contribution in [0, 0.1) is 0 Å². The molecular formula is C13H16Cl2O3. The molecule has 0 radical (unpaired) electrons. The zero-order valence-electron chi connectivity index (χ0n) is 10.4. The fourth-order valence-electron chi connectivity index (χ4n) is 1.21. The van der Waals surface area contributed by atoms with Crippen molar-refractivity contribution in [1.29, 1.82) is 0 Å². The normalized spacial score (nSPS) is 13.8. The molecule has 100 valence electrons.